The highest BCUT2D eigenvalue weighted by atomic mass is 79.9. The van der Waals surface area contributed by atoms with Crippen LogP contribution in [0, 0.1) is 11.6 Å². The fourth-order valence-corrected chi connectivity index (χ4v) is 1.96. The topological polar surface area (TPSA) is 34.0 Å². The molecule has 0 aliphatic carbocycles. The summed E-state index contributed by atoms with van der Waals surface area (Å²) >= 11 is 2.99. The molecular weight excluding hydrogens is 318 g/mol. The molecule has 19 heavy (non-hydrogen) atoms. The maximum atomic E-state index is 13.4. The Morgan fingerprint density at radius 3 is 2.74 bits per heavy atom. The first-order valence-corrected chi connectivity index (χ1v) is 6.41. The lowest BCUT2D eigenvalue weighted by Crippen LogP contribution is -2.22. The fourth-order valence-electron chi connectivity index (χ4n) is 1.61. The monoisotopic (exact) mass is 328 g/mol. The first-order chi connectivity index (χ1) is 9.08. The summed E-state index contributed by atoms with van der Waals surface area (Å²) in [6.45, 7) is 0.757. The average Bonchev–Trinajstić information content (AvgIpc) is 2.38. The molecule has 0 unspecified atom stereocenters. The van der Waals surface area contributed by atoms with E-state index < -0.39 is 11.6 Å². The van der Waals surface area contributed by atoms with Crippen LogP contribution in [-0.4, -0.2) is 11.1 Å². The summed E-state index contributed by atoms with van der Waals surface area (Å²) in [7, 11) is 0. The van der Waals surface area contributed by atoms with E-state index >= 15 is 0 Å². The van der Waals surface area contributed by atoms with Gasteiger partial charge in [0.25, 0.3) is 5.56 Å². The summed E-state index contributed by atoms with van der Waals surface area (Å²) in [5.74, 6) is -1.32. The van der Waals surface area contributed by atoms with Gasteiger partial charge in [-0.25, -0.2) is 8.78 Å². The highest BCUT2D eigenvalue weighted by Crippen LogP contribution is 2.23. The number of aromatic nitrogens is 1. The molecule has 0 fully saturated rings. The summed E-state index contributed by atoms with van der Waals surface area (Å²) in [5.41, 5.74) is 0.0716. The standard InChI is InChI=1S/C13H11BrF2N2O/c14-9-7-12(11(16)8-10(9)15)17-4-6-18-5-2-1-3-13(18)19/h1-3,5,7-8,17H,4,6H2. The quantitative estimate of drug-likeness (QED) is 0.875. The molecule has 1 aromatic carbocycles. The van der Waals surface area contributed by atoms with Crippen molar-refractivity contribution in [2.45, 2.75) is 6.54 Å². The van der Waals surface area contributed by atoms with Gasteiger partial charge in [0.15, 0.2) is 0 Å². The van der Waals surface area contributed by atoms with Crippen LogP contribution in [-0.2, 0) is 6.54 Å². The van der Waals surface area contributed by atoms with Gasteiger partial charge < -0.3 is 9.88 Å². The largest absolute Gasteiger partial charge is 0.381 e. The molecule has 0 amide bonds. The van der Waals surface area contributed by atoms with E-state index in [0.29, 0.717) is 13.1 Å². The highest BCUT2D eigenvalue weighted by molar-refractivity contribution is 9.10. The van der Waals surface area contributed by atoms with Gasteiger partial charge in [0, 0.05) is 31.4 Å². The number of hydrogen-bond donors (Lipinski definition) is 1. The van der Waals surface area contributed by atoms with Crippen LogP contribution in [0.3, 0.4) is 0 Å². The molecule has 0 radical (unpaired) electrons. The lowest BCUT2D eigenvalue weighted by Gasteiger charge is -2.09. The molecule has 1 aromatic heterocycles. The molecule has 0 bridgehead atoms. The summed E-state index contributed by atoms with van der Waals surface area (Å²) in [6.07, 6.45) is 1.65. The van der Waals surface area contributed by atoms with Gasteiger partial charge in [-0.05, 0) is 28.1 Å². The number of nitrogens with one attached hydrogen (secondary N) is 1. The van der Waals surface area contributed by atoms with Gasteiger partial charge in [0.2, 0.25) is 0 Å². The Balaban J connectivity index is 2.02. The zero-order valence-electron chi connectivity index (χ0n) is 9.87. The SMILES string of the molecule is O=c1ccccn1CCNc1cc(Br)c(F)cc1F. The second kappa shape index (κ2) is 5.97. The lowest BCUT2D eigenvalue weighted by molar-refractivity contribution is 0.579. The Hall–Kier alpha value is -1.69. The molecule has 3 nitrogen and oxygen atoms in total. The van der Waals surface area contributed by atoms with Gasteiger partial charge >= 0.3 is 0 Å². The number of benzene rings is 1. The van der Waals surface area contributed by atoms with Crippen molar-refractivity contribution in [2.24, 2.45) is 0 Å². The van der Waals surface area contributed by atoms with E-state index in [4.69, 9.17) is 0 Å². The predicted octanol–water partition coefficient (Wildman–Crippen LogP) is 3.00. The first kappa shape index (κ1) is 13.7. The number of hydrogen-bond acceptors (Lipinski definition) is 2. The van der Waals surface area contributed by atoms with Gasteiger partial charge in [-0.15, -0.1) is 0 Å². The maximum absolute atomic E-state index is 13.4. The molecule has 100 valence electrons. The van der Waals surface area contributed by atoms with Crippen molar-refractivity contribution in [3.63, 3.8) is 0 Å². The fraction of sp³-hybridized carbons (Fsp3) is 0.154. The Labute approximate surface area is 117 Å². The number of nitrogens with zero attached hydrogens (tertiary/aromatic N) is 1. The first-order valence-electron chi connectivity index (χ1n) is 5.62. The van der Waals surface area contributed by atoms with Gasteiger partial charge in [-0.1, -0.05) is 6.07 Å². The molecular formula is C13H11BrF2N2O. The minimum absolute atomic E-state index is 0.120. The molecule has 2 rings (SSSR count). The number of halogens is 3. The predicted molar refractivity (Wildman–Crippen MR) is 73.2 cm³/mol. The maximum Gasteiger partial charge on any atom is 0.250 e. The van der Waals surface area contributed by atoms with Crippen molar-refractivity contribution in [3.8, 4) is 0 Å². The molecule has 2 aromatic rings. The summed E-state index contributed by atoms with van der Waals surface area (Å²) in [6, 6.07) is 6.99. The van der Waals surface area contributed by atoms with E-state index in [9.17, 15) is 13.6 Å². The van der Waals surface area contributed by atoms with E-state index in [1.807, 2.05) is 0 Å². The van der Waals surface area contributed by atoms with Crippen LogP contribution in [0.15, 0.2) is 45.8 Å². The van der Waals surface area contributed by atoms with E-state index in [0.717, 1.165) is 6.07 Å². The summed E-state index contributed by atoms with van der Waals surface area (Å²) in [4.78, 5) is 11.4. The van der Waals surface area contributed by atoms with Gasteiger partial charge in [0.1, 0.15) is 11.6 Å². The molecule has 0 aliphatic rings. The minimum Gasteiger partial charge on any atom is -0.381 e. The molecule has 0 spiro atoms. The average molecular weight is 329 g/mol. The van der Waals surface area contributed by atoms with Crippen molar-refractivity contribution in [1.82, 2.24) is 4.57 Å². The van der Waals surface area contributed by atoms with Crippen molar-refractivity contribution < 1.29 is 8.78 Å². The normalized spacial score (nSPS) is 10.5. The van der Waals surface area contributed by atoms with Crippen LogP contribution in [0.25, 0.3) is 0 Å². The van der Waals surface area contributed by atoms with Crippen LogP contribution >= 0.6 is 15.9 Å². The molecule has 6 heteroatoms. The van der Waals surface area contributed by atoms with Crippen LogP contribution in [0.5, 0.6) is 0 Å². The molecule has 0 aliphatic heterocycles. The second-order valence-corrected chi connectivity index (χ2v) is 4.76. The van der Waals surface area contributed by atoms with Crippen LogP contribution in [0.1, 0.15) is 0 Å². The van der Waals surface area contributed by atoms with Crippen LogP contribution < -0.4 is 10.9 Å². The zero-order chi connectivity index (χ0) is 13.8. The molecule has 1 heterocycles. The summed E-state index contributed by atoms with van der Waals surface area (Å²) in [5, 5.41) is 2.83. The Morgan fingerprint density at radius 2 is 2.00 bits per heavy atom. The lowest BCUT2D eigenvalue weighted by atomic mass is 10.3. The molecule has 1 N–H and O–H groups in total. The Bertz CT molecular complexity index is 643. The highest BCUT2D eigenvalue weighted by Gasteiger charge is 2.07. The van der Waals surface area contributed by atoms with Crippen molar-refractivity contribution in [3.05, 3.63) is 63.0 Å². The van der Waals surface area contributed by atoms with Crippen molar-refractivity contribution >= 4 is 21.6 Å². The Kier molecular flexibility index (Phi) is 4.31. The number of anilines is 1. The van der Waals surface area contributed by atoms with E-state index in [-0.39, 0.29) is 15.7 Å². The second-order valence-electron chi connectivity index (χ2n) is 3.91. The van der Waals surface area contributed by atoms with Gasteiger partial charge in [-0.2, -0.15) is 0 Å². The third-order valence-electron chi connectivity index (χ3n) is 2.58. The smallest absolute Gasteiger partial charge is 0.250 e. The third-order valence-corrected chi connectivity index (χ3v) is 3.18. The minimum atomic E-state index is -0.666. The number of rotatable bonds is 4. The summed E-state index contributed by atoms with van der Waals surface area (Å²) < 4.78 is 28.2. The van der Waals surface area contributed by atoms with Gasteiger partial charge in [0.05, 0.1) is 10.2 Å². The molecule has 0 atom stereocenters. The zero-order valence-corrected chi connectivity index (χ0v) is 11.5. The Morgan fingerprint density at radius 1 is 1.21 bits per heavy atom. The molecule has 0 saturated carbocycles. The third kappa shape index (κ3) is 3.41. The molecule has 0 saturated heterocycles. The van der Waals surface area contributed by atoms with Gasteiger partial charge in [-0.3, -0.25) is 4.79 Å². The van der Waals surface area contributed by atoms with E-state index in [1.165, 1.54) is 16.7 Å². The van der Waals surface area contributed by atoms with E-state index in [2.05, 4.69) is 21.2 Å². The van der Waals surface area contributed by atoms with Crippen molar-refractivity contribution in [2.75, 3.05) is 11.9 Å². The number of pyridine rings is 1. The van der Waals surface area contributed by atoms with Crippen molar-refractivity contribution in [1.29, 1.82) is 0 Å². The van der Waals surface area contributed by atoms with Crippen LogP contribution in [0.2, 0.25) is 0 Å². The van der Waals surface area contributed by atoms with E-state index in [1.54, 1.807) is 18.3 Å². The van der Waals surface area contributed by atoms with Crippen LogP contribution in [0.4, 0.5) is 14.5 Å².